The predicted octanol–water partition coefficient (Wildman–Crippen LogP) is 4.09. The molecule has 0 aliphatic carbocycles. The van der Waals surface area contributed by atoms with E-state index >= 15 is 0 Å². The van der Waals surface area contributed by atoms with Gasteiger partial charge >= 0.3 is 0 Å². The fraction of sp³-hybridized carbons (Fsp3) is 0.625. The minimum Gasteiger partial charge on any atom is -0.493 e. The van der Waals surface area contributed by atoms with Gasteiger partial charge in [-0.1, -0.05) is 13.3 Å². The Hall–Kier alpha value is -0.870. The highest BCUT2D eigenvalue weighted by molar-refractivity contribution is 7.98. The quantitative estimate of drug-likeness (QED) is 0.732. The Kier molecular flexibility index (Phi) is 6.69. The Morgan fingerprint density at radius 1 is 1.15 bits per heavy atom. The highest BCUT2D eigenvalue weighted by Crippen LogP contribution is 2.34. The number of hydrogen-bond acceptors (Lipinski definition) is 4. The molecule has 4 heteroatoms. The van der Waals surface area contributed by atoms with Crippen molar-refractivity contribution < 1.29 is 9.47 Å². The zero-order chi connectivity index (χ0) is 15.2. The number of thioether (sulfide) groups is 1. The molecule has 0 saturated heterocycles. The summed E-state index contributed by atoms with van der Waals surface area (Å²) in [6, 6.07) is 4.12. The normalized spacial score (nSPS) is 11.5. The van der Waals surface area contributed by atoms with Gasteiger partial charge in [0.2, 0.25) is 0 Å². The Morgan fingerprint density at radius 3 is 2.25 bits per heavy atom. The van der Waals surface area contributed by atoms with Crippen molar-refractivity contribution in [1.29, 1.82) is 0 Å². The summed E-state index contributed by atoms with van der Waals surface area (Å²) in [5, 5.41) is 3.63. The van der Waals surface area contributed by atoms with Crippen molar-refractivity contribution in [1.82, 2.24) is 5.32 Å². The molecule has 3 nitrogen and oxygen atoms in total. The van der Waals surface area contributed by atoms with E-state index in [2.05, 4.69) is 38.4 Å². The van der Waals surface area contributed by atoms with Crippen LogP contribution in [0.25, 0.3) is 0 Å². The first-order chi connectivity index (χ1) is 9.47. The first-order valence-electron chi connectivity index (χ1n) is 7.01. The predicted molar refractivity (Wildman–Crippen MR) is 87.2 cm³/mol. The van der Waals surface area contributed by atoms with Gasteiger partial charge in [-0.3, -0.25) is 0 Å². The van der Waals surface area contributed by atoms with Crippen LogP contribution in [0.1, 0.15) is 39.2 Å². The van der Waals surface area contributed by atoms with E-state index in [-0.39, 0.29) is 5.54 Å². The van der Waals surface area contributed by atoms with Crippen LogP contribution >= 0.6 is 11.8 Å². The Morgan fingerprint density at radius 2 is 1.75 bits per heavy atom. The lowest BCUT2D eigenvalue weighted by atomic mass is 9.98. The summed E-state index contributed by atoms with van der Waals surface area (Å²) in [5.41, 5.74) is 1.40. The fourth-order valence-corrected chi connectivity index (χ4v) is 2.90. The lowest BCUT2D eigenvalue weighted by Crippen LogP contribution is -2.38. The maximum atomic E-state index is 5.39. The summed E-state index contributed by atoms with van der Waals surface area (Å²) >= 11 is 1.73. The molecule has 0 radical (unpaired) electrons. The fourth-order valence-electron chi connectivity index (χ4n) is 2.28. The van der Waals surface area contributed by atoms with E-state index in [9.17, 15) is 0 Å². The second-order valence-corrected chi connectivity index (χ2v) is 6.35. The number of rotatable bonds is 8. The van der Waals surface area contributed by atoms with Crippen LogP contribution in [0, 0.1) is 0 Å². The van der Waals surface area contributed by atoms with Gasteiger partial charge in [0.1, 0.15) is 0 Å². The average Bonchev–Trinajstić information content (AvgIpc) is 2.44. The first kappa shape index (κ1) is 17.2. The first-order valence-corrected chi connectivity index (χ1v) is 8.23. The molecule has 0 saturated carbocycles. The zero-order valence-corrected chi connectivity index (χ0v) is 14.3. The summed E-state index contributed by atoms with van der Waals surface area (Å²) in [5.74, 6) is 1.57. The smallest absolute Gasteiger partial charge is 0.161 e. The van der Waals surface area contributed by atoms with E-state index in [0.29, 0.717) is 0 Å². The third-order valence-corrected chi connectivity index (χ3v) is 4.24. The van der Waals surface area contributed by atoms with Gasteiger partial charge in [0.05, 0.1) is 14.2 Å². The van der Waals surface area contributed by atoms with Crippen molar-refractivity contribution in [3.63, 3.8) is 0 Å². The molecule has 114 valence electrons. The molecule has 0 aliphatic rings. The topological polar surface area (TPSA) is 30.5 Å². The van der Waals surface area contributed by atoms with Gasteiger partial charge in [-0.05, 0) is 44.2 Å². The molecule has 1 aromatic carbocycles. The maximum absolute atomic E-state index is 5.39. The number of nitrogens with one attached hydrogen (secondary N) is 1. The molecule has 0 amide bonds. The van der Waals surface area contributed by atoms with Gasteiger partial charge in [0, 0.05) is 17.0 Å². The molecular weight excluding hydrogens is 270 g/mol. The van der Waals surface area contributed by atoms with E-state index < -0.39 is 0 Å². The number of ether oxygens (including phenoxy) is 2. The molecule has 0 aliphatic heterocycles. The van der Waals surface area contributed by atoms with E-state index in [1.54, 1.807) is 26.0 Å². The summed E-state index contributed by atoms with van der Waals surface area (Å²) in [6.07, 6.45) is 4.43. The second kappa shape index (κ2) is 7.79. The van der Waals surface area contributed by atoms with E-state index in [1.165, 1.54) is 16.9 Å². The SMILES string of the molecule is CCCC(C)(C)NCc1cc(OC)c(OC)cc1SC. The van der Waals surface area contributed by atoms with E-state index in [1.807, 2.05) is 6.07 Å². The van der Waals surface area contributed by atoms with Crippen LogP contribution in [-0.2, 0) is 6.54 Å². The zero-order valence-electron chi connectivity index (χ0n) is 13.5. The van der Waals surface area contributed by atoms with E-state index in [0.717, 1.165) is 24.5 Å². The molecule has 0 spiro atoms. The number of methoxy groups -OCH3 is 2. The largest absolute Gasteiger partial charge is 0.493 e. The molecule has 1 rings (SSSR count). The van der Waals surface area contributed by atoms with Gasteiger partial charge in [-0.15, -0.1) is 11.8 Å². The molecule has 0 aromatic heterocycles. The lowest BCUT2D eigenvalue weighted by molar-refractivity contribution is 0.346. The lowest BCUT2D eigenvalue weighted by Gasteiger charge is -2.26. The van der Waals surface area contributed by atoms with Crippen LogP contribution in [-0.4, -0.2) is 26.0 Å². The van der Waals surface area contributed by atoms with Gasteiger partial charge in [-0.2, -0.15) is 0 Å². The summed E-state index contributed by atoms with van der Waals surface area (Å²) in [6.45, 7) is 7.54. The molecule has 20 heavy (non-hydrogen) atoms. The maximum Gasteiger partial charge on any atom is 0.161 e. The molecule has 0 bridgehead atoms. The minimum atomic E-state index is 0.150. The highest BCUT2D eigenvalue weighted by atomic mass is 32.2. The molecule has 1 aromatic rings. The Labute approximate surface area is 127 Å². The Balaban J connectivity index is 2.93. The van der Waals surface area contributed by atoms with Crippen molar-refractivity contribution in [2.24, 2.45) is 0 Å². The summed E-state index contributed by atoms with van der Waals surface area (Å²) in [4.78, 5) is 1.22. The van der Waals surface area contributed by atoms with Gasteiger partial charge in [0.25, 0.3) is 0 Å². The molecule has 0 heterocycles. The van der Waals surface area contributed by atoms with Crippen molar-refractivity contribution in [2.45, 2.75) is 50.6 Å². The number of hydrogen-bond donors (Lipinski definition) is 1. The van der Waals surface area contributed by atoms with Crippen LogP contribution in [0.15, 0.2) is 17.0 Å². The van der Waals surface area contributed by atoms with Crippen molar-refractivity contribution in [3.8, 4) is 11.5 Å². The van der Waals surface area contributed by atoms with Crippen molar-refractivity contribution >= 4 is 11.8 Å². The molecule has 0 fully saturated rings. The van der Waals surface area contributed by atoms with E-state index in [4.69, 9.17) is 9.47 Å². The third kappa shape index (κ3) is 4.60. The van der Waals surface area contributed by atoms with Crippen LogP contribution in [0.5, 0.6) is 11.5 Å². The van der Waals surface area contributed by atoms with Crippen LogP contribution in [0.2, 0.25) is 0 Å². The van der Waals surface area contributed by atoms with Crippen molar-refractivity contribution in [2.75, 3.05) is 20.5 Å². The highest BCUT2D eigenvalue weighted by Gasteiger charge is 2.17. The molecular formula is C16H27NO2S. The second-order valence-electron chi connectivity index (χ2n) is 5.51. The third-order valence-electron chi connectivity index (χ3n) is 3.42. The van der Waals surface area contributed by atoms with Crippen LogP contribution < -0.4 is 14.8 Å². The van der Waals surface area contributed by atoms with Crippen LogP contribution in [0.3, 0.4) is 0 Å². The minimum absolute atomic E-state index is 0.150. The monoisotopic (exact) mass is 297 g/mol. The molecule has 0 atom stereocenters. The summed E-state index contributed by atoms with van der Waals surface area (Å²) < 4.78 is 10.8. The van der Waals surface area contributed by atoms with Crippen LogP contribution in [0.4, 0.5) is 0 Å². The average molecular weight is 297 g/mol. The number of benzene rings is 1. The van der Waals surface area contributed by atoms with Gasteiger partial charge < -0.3 is 14.8 Å². The van der Waals surface area contributed by atoms with Gasteiger partial charge in [-0.25, -0.2) is 0 Å². The van der Waals surface area contributed by atoms with Gasteiger partial charge in [0.15, 0.2) is 11.5 Å². The molecule has 0 unspecified atom stereocenters. The Bertz CT molecular complexity index is 433. The van der Waals surface area contributed by atoms with Crippen molar-refractivity contribution in [3.05, 3.63) is 17.7 Å². The summed E-state index contributed by atoms with van der Waals surface area (Å²) in [7, 11) is 3.35. The molecule has 1 N–H and O–H groups in total. The standard InChI is InChI=1S/C16H27NO2S/c1-7-8-16(2,3)17-11-12-9-13(18-4)14(19-5)10-15(12)20-6/h9-10,17H,7-8,11H2,1-6H3.